The third kappa shape index (κ3) is 4.42. The van der Waals surface area contributed by atoms with Crippen molar-refractivity contribution in [2.45, 2.75) is 13.2 Å². The van der Waals surface area contributed by atoms with E-state index in [-0.39, 0.29) is 31.6 Å². The van der Waals surface area contributed by atoms with Crippen molar-refractivity contribution in [2.24, 2.45) is 0 Å². The number of ether oxygens (including phenoxy) is 1. The van der Waals surface area contributed by atoms with Crippen molar-refractivity contribution in [1.82, 2.24) is 30.2 Å². The summed E-state index contributed by atoms with van der Waals surface area (Å²) in [5.74, 6) is 1.30. The number of nitrogen functional groups attached to an aromatic ring is 1. The lowest BCUT2D eigenvalue weighted by atomic mass is 10.3. The maximum Gasteiger partial charge on any atom is 0.246 e. The monoisotopic (exact) mass is 356 g/mol. The van der Waals surface area contributed by atoms with Gasteiger partial charge in [0.1, 0.15) is 19.0 Å². The molecule has 0 saturated carbocycles. The topological polar surface area (TPSA) is 135 Å². The second-order valence-corrected chi connectivity index (χ2v) is 5.77. The second-order valence-electron chi connectivity index (χ2n) is 5.77. The molecule has 0 aliphatic heterocycles. The number of anilines is 2. The van der Waals surface area contributed by atoms with E-state index in [1.807, 2.05) is 24.3 Å². The Bertz CT molecular complexity index is 875. The Labute approximate surface area is 149 Å². The molecule has 4 N–H and O–H groups in total. The van der Waals surface area contributed by atoms with Crippen LogP contribution in [0.4, 0.5) is 11.9 Å². The summed E-state index contributed by atoms with van der Waals surface area (Å²) in [6, 6.07) is 7.68. The molecule has 0 bridgehead atoms. The lowest BCUT2D eigenvalue weighted by molar-refractivity contribution is -0.126. The van der Waals surface area contributed by atoms with E-state index in [2.05, 4.69) is 30.2 Å². The van der Waals surface area contributed by atoms with Crippen molar-refractivity contribution in [1.29, 1.82) is 0 Å². The van der Waals surface area contributed by atoms with Gasteiger partial charge >= 0.3 is 0 Å². The summed E-state index contributed by atoms with van der Waals surface area (Å²) in [6.45, 7) is 0.254. The molecule has 2 heterocycles. The predicted molar refractivity (Wildman–Crippen MR) is 96.2 cm³/mol. The van der Waals surface area contributed by atoms with Crippen LogP contribution in [-0.4, -0.2) is 51.5 Å². The molecule has 1 aromatic carbocycles. The third-order valence-corrected chi connectivity index (χ3v) is 3.44. The van der Waals surface area contributed by atoms with Crippen LogP contribution in [0.2, 0.25) is 0 Å². The lowest BCUT2D eigenvalue weighted by Crippen LogP contribution is -2.28. The van der Waals surface area contributed by atoms with Gasteiger partial charge in [-0.25, -0.2) is 4.98 Å². The van der Waals surface area contributed by atoms with Gasteiger partial charge in [0.25, 0.3) is 0 Å². The smallest absolute Gasteiger partial charge is 0.246 e. The van der Waals surface area contributed by atoms with Crippen LogP contribution in [0.5, 0.6) is 0 Å². The Kier molecular flexibility index (Phi) is 5.23. The number of nitrogens with zero attached hydrogens (tertiary/aromatic N) is 5. The first-order valence-electron chi connectivity index (χ1n) is 7.97. The first-order chi connectivity index (χ1) is 12.5. The number of aromatic nitrogens is 5. The van der Waals surface area contributed by atoms with Gasteiger partial charge in [0.2, 0.25) is 17.8 Å². The fourth-order valence-electron chi connectivity index (χ4n) is 2.25. The van der Waals surface area contributed by atoms with Crippen molar-refractivity contribution in [2.75, 3.05) is 31.3 Å². The van der Waals surface area contributed by atoms with E-state index < -0.39 is 0 Å². The standard InChI is InChI=1S/C16H20N8O2/c1-24(2)16-22-12(21-15(17)23-16)7-18-14(25)9-26-8-13-19-10-5-3-4-6-11(10)20-13/h3-6H,7-9H2,1-2H3,(H,18,25)(H,19,20)(H2,17,21,22,23). The molecule has 1 amide bonds. The number of carbonyl (C=O) groups excluding carboxylic acids is 1. The number of aromatic amines is 1. The van der Waals surface area contributed by atoms with E-state index in [1.165, 1.54) is 0 Å². The summed E-state index contributed by atoms with van der Waals surface area (Å²) in [7, 11) is 3.59. The van der Waals surface area contributed by atoms with Crippen molar-refractivity contribution >= 4 is 28.8 Å². The molecule has 26 heavy (non-hydrogen) atoms. The largest absolute Gasteiger partial charge is 0.368 e. The number of hydrogen-bond acceptors (Lipinski definition) is 8. The number of rotatable bonds is 7. The van der Waals surface area contributed by atoms with Crippen LogP contribution in [0.25, 0.3) is 11.0 Å². The van der Waals surface area contributed by atoms with Gasteiger partial charge in [-0.15, -0.1) is 0 Å². The maximum absolute atomic E-state index is 11.9. The van der Waals surface area contributed by atoms with E-state index >= 15 is 0 Å². The van der Waals surface area contributed by atoms with Gasteiger partial charge < -0.3 is 25.7 Å². The van der Waals surface area contributed by atoms with Crippen molar-refractivity contribution in [3.63, 3.8) is 0 Å². The first-order valence-corrected chi connectivity index (χ1v) is 7.97. The van der Waals surface area contributed by atoms with Crippen LogP contribution in [0.15, 0.2) is 24.3 Å². The SMILES string of the molecule is CN(C)c1nc(N)nc(CNC(=O)COCc2nc3ccccc3[nH]2)n1. The van der Waals surface area contributed by atoms with Crippen LogP contribution in [-0.2, 0) is 22.7 Å². The molecule has 2 aromatic heterocycles. The summed E-state index contributed by atoms with van der Waals surface area (Å²) >= 11 is 0. The van der Waals surface area contributed by atoms with Crippen LogP contribution >= 0.6 is 0 Å². The number of nitrogens with two attached hydrogens (primary N) is 1. The molecular weight excluding hydrogens is 336 g/mol. The molecule has 0 atom stereocenters. The van der Waals surface area contributed by atoms with Crippen LogP contribution in [0.3, 0.4) is 0 Å². The number of imidazole rings is 1. The highest BCUT2D eigenvalue weighted by Gasteiger charge is 2.09. The van der Waals surface area contributed by atoms with E-state index in [1.54, 1.807) is 19.0 Å². The quantitative estimate of drug-likeness (QED) is 0.547. The Morgan fingerprint density at radius 2 is 2.04 bits per heavy atom. The molecule has 0 fully saturated rings. The van der Waals surface area contributed by atoms with Gasteiger partial charge in [0, 0.05) is 14.1 Å². The minimum atomic E-state index is -0.286. The lowest BCUT2D eigenvalue weighted by Gasteiger charge is -2.11. The fraction of sp³-hybridized carbons (Fsp3) is 0.312. The highest BCUT2D eigenvalue weighted by molar-refractivity contribution is 5.77. The molecule has 0 aliphatic rings. The number of benzene rings is 1. The number of hydrogen-bond donors (Lipinski definition) is 3. The van der Waals surface area contributed by atoms with Crippen molar-refractivity contribution in [3.05, 3.63) is 35.9 Å². The number of amides is 1. The third-order valence-electron chi connectivity index (χ3n) is 3.44. The molecule has 0 saturated heterocycles. The molecule has 0 unspecified atom stereocenters. The summed E-state index contributed by atoms with van der Waals surface area (Å²) in [4.78, 5) is 33.3. The minimum Gasteiger partial charge on any atom is -0.368 e. The number of H-pyrrole nitrogens is 1. The minimum absolute atomic E-state index is 0.0991. The predicted octanol–water partition coefficient (Wildman–Crippen LogP) is 0.229. The molecule has 3 rings (SSSR count). The summed E-state index contributed by atoms with van der Waals surface area (Å²) in [5, 5.41) is 2.68. The Morgan fingerprint density at radius 1 is 1.23 bits per heavy atom. The van der Waals surface area contributed by atoms with Crippen LogP contribution < -0.4 is 16.0 Å². The van der Waals surface area contributed by atoms with Gasteiger partial charge in [-0.05, 0) is 12.1 Å². The van der Waals surface area contributed by atoms with Gasteiger partial charge in [0.05, 0.1) is 17.6 Å². The van der Waals surface area contributed by atoms with Crippen molar-refractivity contribution in [3.8, 4) is 0 Å². The normalized spacial score (nSPS) is 10.8. The zero-order valence-electron chi connectivity index (χ0n) is 14.6. The summed E-state index contributed by atoms with van der Waals surface area (Å²) < 4.78 is 5.39. The number of carbonyl (C=O) groups is 1. The van der Waals surface area contributed by atoms with E-state index in [0.717, 1.165) is 11.0 Å². The maximum atomic E-state index is 11.9. The average Bonchev–Trinajstić information content (AvgIpc) is 3.02. The number of para-hydroxylation sites is 2. The summed E-state index contributed by atoms with van der Waals surface area (Å²) in [6.07, 6.45) is 0. The highest BCUT2D eigenvalue weighted by Crippen LogP contribution is 2.10. The summed E-state index contributed by atoms with van der Waals surface area (Å²) in [5.41, 5.74) is 7.43. The highest BCUT2D eigenvalue weighted by atomic mass is 16.5. The molecule has 0 radical (unpaired) electrons. The molecule has 136 valence electrons. The van der Waals surface area contributed by atoms with Crippen molar-refractivity contribution < 1.29 is 9.53 Å². The Balaban J connectivity index is 1.47. The Hall–Kier alpha value is -3.27. The molecule has 10 heteroatoms. The molecule has 0 spiro atoms. The van der Waals surface area contributed by atoms with E-state index in [9.17, 15) is 4.79 Å². The second kappa shape index (κ2) is 7.74. The van der Waals surface area contributed by atoms with Gasteiger partial charge in [-0.3, -0.25) is 4.79 Å². The van der Waals surface area contributed by atoms with E-state index in [4.69, 9.17) is 10.5 Å². The molecule has 3 aromatic rings. The Morgan fingerprint density at radius 3 is 2.81 bits per heavy atom. The molecular formula is C16H20N8O2. The molecule has 0 aliphatic carbocycles. The first kappa shape index (κ1) is 17.5. The van der Waals surface area contributed by atoms with Gasteiger partial charge in [0.15, 0.2) is 5.82 Å². The van der Waals surface area contributed by atoms with E-state index in [0.29, 0.717) is 17.6 Å². The molecule has 10 nitrogen and oxygen atoms in total. The van der Waals surface area contributed by atoms with Crippen LogP contribution in [0.1, 0.15) is 11.6 Å². The zero-order chi connectivity index (χ0) is 18.5. The van der Waals surface area contributed by atoms with Gasteiger partial charge in [-0.2, -0.15) is 15.0 Å². The number of fused-ring (bicyclic) bond motifs is 1. The van der Waals surface area contributed by atoms with Gasteiger partial charge in [-0.1, -0.05) is 12.1 Å². The zero-order valence-corrected chi connectivity index (χ0v) is 14.6. The van der Waals surface area contributed by atoms with Crippen LogP contribution in [0, 0.1) is 0 Å². The average molecular weight is 356 g/mol. The fourth-order valence-corrected chi connectivity index (χ4v) is 2.25. The number of nitrogens with one attached hydrogen (secondary N) is 2.